The lowest BCUT2D eigenvalue weighted by Crippen LogP contribution is -2.44. The number of nitrogens with zero attached hydrogens (tertiary/aromatic N) is 2. The fourth-order valence-corrected chi connectivity index (χ4v) is 2.95. The van der Waals surface area contributed by atoms with Crippen molar-refractivity contribution < 1.29 is 0 Å². The van der Waals surface area contributed by atoms with Gasteiger partial charge in [-0.3, -0.25) is 4.98 Å². The van der Waals surface area contributed by atoms with Crippen molar-refractivity contribution in [2.75, 3.05) is 26.2 Å². The second-order valence-electron chi connectivity index (χ2n) is 5.64. The molecule has 1 aliphatic rings. The molecule has 0 bridgehead atoms. The first-order chi connectivity index (χ1) is 9.29. The lowest BCUT2D eigenvalue weighted by molar-refractivity contribution is 0.157. The monoisotopic (exact) mass is 261 g/mol. The first-order valence-corrected chi connectivity index (χ1v) is 7.64. The van der Waals surface area contributed by atoms with Crippen molar-refractivity contribution in [2.24, 2.45) is 5.92 Å². The van der Waals surface area contributed by atoms with Gasteiger partial charge in [0.15, 0.2) is 0 Å². The summed E-state index contributed by atoms with van der Waals surface area (Å²) < 4.78 is 0. The van der Waals surface area contributed by atoms with Crippen molar-refractivity contribution in [2.45, 2.75) is 39.2 Å². The van der Waals surface area contributed by atoms with Crippen LogP contribution in [0.25, 0.3) is 0 Å². The zero-order valence-corrected chi connectivity index (χ0v) is 12.3. The Morgan fingerprint density at radius 2 is 2.21 bits per heavy atom. The van der Waals surface area contributed by atoms with Crippen LogP contribution in [0, 0.1) is 5.92 Å². The van der Waals surface area contributed by atoms with E-state index in [0.29, 0.717) is 6.04 Å². The lowest BCUT2D eigenvalue weighted by Gasteiger charge is -2.35. The van der Waals surface area contributed by atoms with Crippen molar-refractivity contribution in [3.8, 4) is 0 Å². The second-order valence-corrected chi connectivity index (χ2v) is 5.64. The highest BCUT2D eigenvalue weighted by molar-refractivity contribution is 5.09. The molecule has 1 aliphatic heterocycles. The number of rotatable bonds is 6. The Balaban J connectivity index is 1.70. The van der Waals surface area contributed by atoms with Gasteiger partial charge in [-0.25, -0.2) is 0 Å². The van der Waals surface area contributed by atoms with E-state index in [1.54, 1.807) is 0 Å². The van der Waals surface area contributed by atoms with Gasteiger partial charge in [0.1, 0.15) is 0 Å². The molecule has 1 saturated heterocycles. The van der Waals surface area contributed by atoms with E-state index in [9.17, 15) is 0 Å². The zero-order valence-electron chi connectivity index (χ0n) is 12.3. The third kappa shape index (κ3) is 4.59. The highest BCUT2D eigenvalue weighted by Crippen LogP contribution is 2.19. The minimum absolute atomic E-state index is 0.621. The Labute approximate surface area is 117 Å². The fourth-order valence-electron chi connectivity index (χ4n) is 2.95. The van der Waals surface area contributed by atoms with Crippen LogP contribution in [-0.4, -0.2) is 42.1 Å². The molecule has 0 amide bonds. The van der Waals surface area contributed by atoms with E-state index in [1.165, 1.54) is 38.0 Å². The Morgan fingerprint density at radius 1 is 1.42 bits per heavy atom. The van der Waals surface area contributed by atoms with Gasteiger partial charge in [-0.15, -0.1) is 0 Å². The number of likely N-dealkylation sites (tertiary alicyclic amines) is 1. The molecule has 0 aliphatic carbocycles. The molecule has 0 aromatic carbocycles. The molecule has 2 unspecified atom stereocenters. The Bertz CT molecular complexity index is 352. The maximum atomic E-state index is 4.05. The normalized spacial score (nSPS) is 22.3. The van der Waals surface area contributed by atoms with Crippen LogP contribution in [0.1, 0.15) is 32.3 Å². The first kappa shape index (κ1) is 14.5. The molecular formula is C16H27N3. The molecule has 1 N–H and O–H groups in total. The SMILES string of the molecule is CCN1CCCC(C(C)NCCc2ccncc2)C1. The molecule has 2 atom stereocenters. The van der Waals surface area contributed by atoms with Crippen molar-refractivity contribution >= 4 is 0 Å². The summed E-state index contributed by atoms with van der Waals surface area (Å²) in [6.07, 6.45) is 7.57. The van der Waals surface area contributed by atoms with E-state index in [4.69, 9.17) is 0 Å². The van der Waals surface area contributed by atoms with Crippen LogP contribution >= 0.6 is 0 Å². The van der Waals surface area contributed by atoms with Crippen LogP contribution in [0.2, 0.25) is 0 Å². The summed E-state index contributed by atoms with van der Waals surface area (Å²) in [4.78, 5) is 6.63. The topological polar surface area (TPSA) is 28.2 Å². The third-order valence-electron chi connectivity index (χ3n) is 4.33. The molecule has 2 heterocycles. The molecule has 0 radical (unpaired) electrons. The van der Waals surface area contributed by atoms with E-state index < -0.39 is 0 Å². The maximum absolute atomic E-state index is 4.05. The number of pyridine rings is 1. The standard InChI is InChI=1S/C16H27N3/c1-3-19-12-4-5-16(13-19)14(2)18-11-8-15-6-9-17-10-7-15/h6-7,9-10,14,16,18H,3-5,8,11-13H2,1-2H3. The average molecular weight is 261 g/mol. The zero-order chi connectivity index (χ0) is 13.5. The van der Waals surface area contributed by atoms with Gasteiger partial charge in [-0.2, -0.15) is 0 Å². The number of hydrogen-bond donors (Lipinski definition) is 1. The summed E-state index contributed by atoms with van der Waals surface area (Å²) >= 11 is 0. The van der Waals surface area contributed by atoms with Crippen LogP contribution in [0.4, 0.5) is 0 Å². The number of piperidine rings is 1. The summed E-state index contributed by atoms with van der Waals surface area (Å²) in [6, 6.07) is 4.83. The highest BCUT2D eigenvalue weighted by Gasteiger charge is 2.23. The van der Waals surface area contributed by atoms with Gasteiger partial charge in [0.25, 0.3) is 0 Å². The Hall–Kier alpha value is -0.930. The maximum Gasteiger partial charge on any atom is 0.0270 e. The van der Waals surface area contributed by atoms with E-state index in [2.05, 4.69) is 41.2 Å². The first-order valence-electron chi connectivity index (χ1n) is 7.64. The molecule has 106 valence electrons. The van der Waals surface area contributed by atoms with Gasteiger partial charge in [0.05, 0.1) is 0 Å². The average Bonchev–Trinajstić information content (AvgIpc) is 2.48. The summed E-state index contributed by atoms with van der Waals surface area (Å²) in [7, 11) is 0. The van der Waals surface area contributed by atoms with E-state index in [-0.39, 0.29) is 0 Å². The van der Waals surface area contributed by atoms with E-state index in [1.807, 2.05) is 12.4 Å². The fraction of sp³-hybridized carbons (Fsp3) is 0.688. The van der Waals surface area contributed by atoms with Gasteiger partial charge >= 0.3 is 0 Å². The largest absolute Gasteiger partial charge is 0.314 e. The van der Waals surface area contributed by atoms with Crippen molar-refractivity contribution in [1.82, 2.24) is 15.2 Å². The molecule has 2 rings (SSSR count). The predicted molar refractivity (Wildman–Crippen MR) is 80.2 cm³/mol. The Kier molecular flexibility index (Phi) is 5.80. The van der Waals surface area contributed by atoms with Crippen LogP contribution in [0.15, 0.2) is 24.5 Å². The van der Waals surface area contributed by atoms with Crippen LogP contribution < -0.4 is 5.32 Å². The van der Waals surface area contributed by atoms with Crippen LogP contribution in [0.3, 0.4) is 0 Å². The summed E-state index contributed by atoms with van der Waals surface area (Å²) in [5.41, 5.74) is 1.37. The third-order valence-corrected chi connectivity index (χ3v) is 4.33. The van der Waals surface area contributed by atoms with Crippen molar-refractivity contribution in [3.05, 3.63) is 30.1 Å². The molecule has 0 saturated carbocycles. The number of nitrogens with one attached hydrogen (secondary N) is 1. The van der Waals surface area contributed by atoms with Crippen molar-refractivity contribution in [3.63, 3.8) is 0 Å². The molecular weight excluding hydrogens is 234 g/mol. The van der Waals surface area contributed by atoms with Crippen LogP contribution in [-0.2, 0) is 6.42 Å². The highest BCUT2D eigenvalue weighted by atomic mass is 15.1. The minimum Gasteiger partial charge on any atom is -0.314 e. The predicted octanol–water partition coefficient (Wildman–Crippen LogP) is 2.33. The van der Waals surface area contributed by atoms with Gasteiger partial charge in [0, 0.05) is 25.0 Å². The molecule has 0 spiro atoms. The van der Waals surface area contributed by atoms with Gasteiger partial charge in [0.2, 0.25) is 0 Å². The molecule has 3 heteroatoms. The lowest BCUT2D eigenvalue weighted by atomic mass is 9.91. The van der Waals surface area contributed by atoms with E-state index in [0.717, 1.165) is 18.9 Å². The summed E-state index contributed by atoms with van der Waals surface area (Å²) in [5.74, 6) is 0.811. The smallest absolute Gasteiger partial charge is 0.0270 e. The molecule has 3 nitrogen and oxygen atoms in total. The van der Waals surface area contributed by atoms with Crippen LogP contribution in [0.5, 0.6) is 0 Å². The molecule has 1 fully saturated rings. The summed E-state index contributed by atoms with van der Waals surface area (Å²) in [6.45, 7) is 9.42. The molecule has 1 aromatic heterocycles. The quantitative estimate of drug-likeness (QED) is 0.852. The van der Waals surface area contributed by atoms with Gasteiger partial charge in [-0.05, 0) is 69.4 Å². The van der Waals surface area contributed by atoms with E-state index >= 15 is 0 Å². The van der Waals surface area contributed by atoms with Gasteiger partial charge < -0.3 is 10.2 Å². The minimum atomic E-state index is 0.621. The number of hydrogen-bond acceptors (Lipinski definition) is 3. The second kappa shape index (κ2) is 7.61. The van der Waals surface area contributed by atoms with Crippen molar-refractivity contribution in [1.29, 1.82) is 0 Å². The Morgan fingerprint density at radius 3 is 2.95 bits per heavy atom. The summed E-state index contributed by atoms with van der Waals surface area (Å²) in [5, 5.41) is 3.70. The molecule has 1 aromatic rings. The van der Waals surface area contributed by atoms with Gasteiger partial charge in [-0.1, -0.05) is 6.92 Å². The number of aromatic nitrogens is 1. The molecule has 19 heavy (non-hydrogen) atoms.